The van der Waals surface area contributed by atoms with E-state index in [4.69, 9.17) is 4.74 Å². The van der Waals surface area contributed by atoms with Gasteiger partial charge in [0.05, 0.1) is 17.7 Å². The van der Waals surface area contributed by atoms with E-state index in [9.17, 15) is 22.4 Å². The van der Waals surface area contributed by atoms with Gasteiger partial charge < -0.3 is 15.0 Å². The van der Waals surface area contributed by atoms with Gasteiger partial charge in [-0.05, 0) is 66.4 Å². The summed E-state index contributed by atoms with van der Waals surface area (Å²) in [7, 11) is -2.85. The highest BCUT2D eigenvalue weighted by Crippen LogP contribution is 2.34. The fraction of sp³-hybridized carbons (Fsp3) is 0.257. The van der Waals surface area contributed by atoms with Gasteiger partial charge in [0.1, 0.15) is 24.2 Å². The summed E-state index contributed by atoms with van der Waals surface area (Å²) in [6.07, 6.45) is 0.870. The molecule has 0 heterocycles. The number of nitrogens with one attached hydrogen (secondary N) is 1. The molecule has 0 aliphatic carbocycles. The molecule has 0 aliphatic rings. The lowest BCUT2D eigenvalue weighted by molar-refractivity contribution is -0.140. The van der Waals surface area contributed by atoms with Crippen molar-refractivity contribution in [2.45, 2.75) is 44.2 Å². The van der Waals surface area contributed by atoms with E-state index < -0.39 is 34.3 Å². The van der Waals surface area contributed by atoms with E-state index in [1.807, 2.05) is 44.2 Å². The summed E-state index contributed by atoms with van der Waals surface area (Å²) in [5.74, 6) is -1.17. The summed E-state index contributed by atoms with van der Waals surface area (Å²) < 4.78 is 48.7. The summed E-state index contributed by atoms with van der Waals surface area (Å²) in [5.41, 5.74) is 2.35. The number of carbonyl (C=O) groups excluding carboxylic acids is 2. The Hall–Kier alpha value is -4.70. The molecule has 0 radical (unpaired) electrons. The van der Waals surface area contributed by atoms with Gasteiger partial charge in [-0.2, -0.15) is 0 Å². The van der Waals surface area contributed by atoms with Crippen LogP contribution in [0.4, 0.5) is 10.1 Å². The first kappa shape index (κ1) is 33.2. The third-order valence-electron chi connectivity index (χ3n) is 7.30. The van der Waals surface area contributed by atoms with Crippen molar-refractivity contribution in [1.82, 2.24) is 10.2 Å². The SMILES string of the molecule is CCCNC(=O)[C@@H](Cc1ccccc1)N(Cc1ccc(F)cc1)C(=O)CN(c1cc(C)ccc1OC)S(=O)(=O)c1ccccc1. The maximum absolute atomic E-state index is 14.5. The highest BCUT2D eigenvalue weighted by atomic mass is 32.2. The van der Waals surface area contributed by atoms with Crippen molar-refractivity contribution in [3.8, 4) is 5.75 Å². The van der Waals surface area contributed by atoms with Crippen LogP contribution in [0.2, 0.25) is 0 Å². The molecule has 4 aromatic rings. The predicted octanol–water partition coefficient (Wildman–Crippen LogP) is 5.50. The number of hydrogen-bond donors (Lipinski definition) is 1. The molecule has 0 bridgehead atoms. The molecular weight excluding hydrogens is 593 g/mol. The lowest BCUT2D eigenvalue weighted by Gasteiger charge is -2.34. The predicted molar refractivity (Wildman–Crippen MR) is 173 cm³/mol. The standard InChI is InChI=1S/C35H38FN3O5S/c1-4-21-37-35(41)32(23-27-11-7-5-8-12-27)38(24-28-16-18-29(36)19-17-28)34(40)25-39(31-22-26(2)15-20-33(31)44-3)45(42,43)30-13-9-6-10-14-30/h5-20,22,32H,4,21,23-25H2,1-3H3,(H,37,41)/t32-/m1/s1. The molecule has 0 aromatic heterocycles. The van der Waals surface area contributed by atoms with Crippen LogP contribution in [-0.2, 0) is 32.6 Å². The Morgan fingerprint density at radius 1 is 0.889 bits per heavy atom. The molecule has 0 saturated carbocycles. The second-order valence-electron chi connectivity index (χ2n) is 10.6. The number of benzene rings is 4. The normalized spacial score (nSPS) is 11.8. The monoisotopic (exact) mass is 631 g/mol. The zero-order valence-electron chi connectivity index (χ0n) is 25.6. The van der Waals surface area contributed by atoms with Gasteiger partial charge in [-0.3, -0.25) is 13.9 Å². The van der Waals surface area contributed by atoms with Crippen LogP contribution in [0.15, 0.2) is 108 Å². The zero-order chi connectivity index (χ0) is 32.4. The Kier molecular flexibility index (Phi) is 11.3. The molecule has 8 nitrogen and oxygen atoms in total. The number of amides is 2. The van der Waals surface area contributed by atoms with Crippen molar-refractivity contribution >= 4 is 27.5 Å². The van der Waals surface area contributed by atoms with E-state index in [0.717, 1.165) is 15.4 Å². The number of hydrogen-bond acceptors (Lipinski definition) is 5. The molecule has 0 unspecified atom stereocenters. The molecule has 0 fully saturated rings. The van der Waals surface area contributed by atoms with Gasteiger partial charge in [0.15, 0.2) is 0 Å². The van der Waals surface area contributed by atoms with Crippen molar-refractivity contribution in [3.05, 3.63) is 126 Å². The molecule has 0 saturated heterocycles. The van der Waals surface area contributed by atoms with E-state index in [0.29, 0.717) is 18.5 Å². The number of carbonyl (C=O) groups is 2. The fourth-order valence-corrected chi connectivity index (χ4v) is 6.37. The number of sulfonamides is 1. The van der Waals surface area contributed by atoms with Gasteiger partial charge in [-0.25, -0.2) is 12.8 Å². The second-order valence-corrected chi connectivity index (χ2v) is 12.5. The quantitative estimate of drug-likeness (QED) is 0.198. The van der Waals surface area contributed by atoms with Gasteiger partial charge in [-0.1, -0.05) is 73.7 Å². The van der Waals surface area contributed by atoms with Crippen molar-refractivity contribution in [2.24, 2.45) is 0 Å². The molecule has 0 aliphatic heterocycles. The van der Waals surface area contributed by atoms with Gasteiger partial charge in [-0.15, -0.1) is 0 Å². The second kappa shape index (κ2) is 15.3. The summed E-state index contributed by atoms with van der Waals surface area (Å²) in [6, 6.07) is 26.9. The molecule has 1 N–H and O–H groups in total. The Morgan fingerprint density at radius 2 is 1.53 bits per heavy atom. The molecule has 10 heteroatoms. The van der Waals surface area contributed by atoms with Gasteiger partial charge in [0.2, 0.25) is 11.8 Å². The van der Waals surface area contributed by atoms with Crippen LogP contribution < -0.4 is 14.4 Å². The lowest BCUT2D eigenvalue weighted by atomic mass is 10.0. The minimum atomic E-state index is -4.27. The number of halogens is 1. The van der Waals surface area contributed by atoms with Crippen LogP contribution in [0, 0.1) is 12.7 Å². The fourth-order valence-electron chi connectivity index (χ4n) is 4.93. The largest absolute Gasteiger partial charge is 0.495 e. The van der Waals surface area contributed by atoms with Crippen LogP contribution in [-0.4, -0.2) is 51.4 Å². The summed E-state index contributed by atoms with van der Waals surface area (Å²) >= 11 is 0. The molecule has 2 amide bonds. The summed E-state index contributed by atoms with van der Waals surface area (Å²) in [6.45, 7) is 3.46. The third-order valence-corrected chi connectivity index (χ3v) is 9.07. The minimum Gasteiger partial charge on any atom is -0.495 e. The first-order chi connectivity index (χ1) is 21.6. The van der Waals surface area contributed by atoms with Crippen molar-refractivity contribution in [2.75, 3.05) is 24.5 Å². The van der Waals surface area contributed by atoms with Crippen LogP contribution in [0.3, 0.4) is 0 Å². The molecular formula is C35H38FN3O5S. The smallest absolute Gasteiger partial charge is 0.264 e. The Morgan fingerprint density at radius 3 is 2.16 bits per heavy atom. The van der Waals surface area contributed by atoms with Crippen LogP contribution in [0.5, 0.6) is 5.75 Å². The van der Waals surface area contributed by atoms with Crippen molar-refractivity contribution < 1.29 is 27.1 Å². The molecule has 0 spiro atoms. The molecule has 1 atom stereocenters. The maximum atomic E-state index is 14.5. The number of anilines is 1. The average molecular weight is 632 g/mol. The summed E-state index contributed by atoms with van der Waals surface area (Å²) in [4.78, 5) is 29.6. The third kappa shape index (κ3) is 8.48. The highest BCUT2D eigenvalue weighted by molar-refractivity contribution is 7.92. The maximum Gasteiger partial charge on any atom is 0.264 e. The Labute approximate surface area is 264 Å². The lowest BCUT2D eigenvalue weighted by Crippen LogP contribution is -2.53. The number of nitrogens with zero attached hydrogens (tertiary/aromatic N) is 2. The van der Waals surface area contributed by atoms with Crippen LogP contribution >= 0.6 is 0 Å². The first-order valence-electron chi connectivity index (χ1n) is 14.7. The summed E-state index contributed by atoms with van der Waals surface area (Å²) in [5, 5.41) is 2.91. The number of methoxy groups -OCH3 is 1. The van der Waals surface area contributed by atoms with Gasteiger partial charge >= 0.3 is 0 Å². The van der Waals surface area contributed by atoms with E-state index >= 15 is 0 Å². The van der Waals surface area contributed by atoms with E-state index in [2.05, 4.69) is 5.32 Å². The number of rotatable bonds is 14. The van der Waals surface area contributed by atoms with Gasteiger partial charge in [0.25, 0.3) is 10.0 Å². The zero-order valence-corrected chi connectivity index (χ0v) is 26.5. The first-order valence-corrected chi connectivity index (χ1v) is 16.2. The number of aryl methyl sites for hydroxylation is 1. The minimum absolute atomic E-state index is 0.00651. The topological polar surface area (TPSA) is 96.0 Å². The Balaban J connectivity index is 1.83. The molecule has 4 aromatic carbocycles. The molecule has 4 rings (SSSR count). The van der Waals surface area contributed by atoms with Crippen LogP contribution in [0.25, 0.3) is 0 Å². The van der Waals surface area contributed by atoms with E-state index in [-0.39, 0.29) is 35.2 Å². The van der Waals surface area contributed by atoms with Gasteiger partial charge in [0, 0.05) is 19.5 Å². The van der Waals surface area contributed by atoms with Crippen LogP contribution in [0.1, 0.15) is 30.0 Å². The molecule has 45 heavy (non-hydrogen) atoms. The van der Waals surface area contributed by atoms with Crippen molar-refractivity contribution in [1.29, 1.82) is 0 Å². The van der Waals surface area contributed by atoms with E-state index in [1.54, 1.807) is 48.5 Å². The molecule has 236 valence electrons. The van der Waals surface area contributed by atoms with Crippen molar-refractivity contribution in [3.63, 3.8) is 0 Å². The average Bonchev–Trinajstić information content (AvgIpc) is 3.05. The number of ether oxygens (including phenoxy) is 1. The highest BCUT2D eigenvalue weighted by Gasteiger charge is 2.35. The Bertz CT molecular complexity index is 1680. The van der Waals surface area contributed by atoms with E-state index in [1.165, 1.54) is 36.3 Å².